The maximum Gasteiger partial charge on any atom is 0.254 e. The van der Waals surface area contributed by atoms with E-state index in [-0.39, 0.29) is 35.0 Å². The minimum atomic E-state index is -0.544. The number of Topliss-reactive ketones (excluding diaryl/α,β-unsaturated/α-hetero) is 1. The lowest BCUT2D eigenvalue weighted by Gasteiger charge is -2.33. The molecule has 0 radical (unpaired) electrons. The number of amides is 2. The van der Waals surface area contributed by atoms with E-state index in [1.54, 1.807) is 12.1 Å². The van der Waals surface area contributed by atoms with E-state index in [9.17, 15) is 14.4 Å². The molecule has 1 aliphatic heterocycles. The summed E-state index contributed by atoms with van der Waals surface area (Å²) in [5.74, 6) is -0.632. The maximum absolute atomic E-state index is 15.5. The second-order valence-corrected chi connectivity index (χ2v) is 9.78. The van der Waals surface area contributed by atoms with E-state index in [0.29, 0.717) is 18.5 Å². The smallest absolute Gasteiger partial charge is 0.254 e. The number of likely N-dealkylation sites (tertiary alicyclic amines) is 1. The number of carbonyl (C=O) groups excluding carboxylic acids is 3. The van der Waals surface area contributed by atoms with E-state index >= 15 is 4.39 Å². The van der Waals surface area contributed by atoms with E-state index in [4.69, 9.17) is 0 Å². The molecule has 3 fully saturated rings. The molecule has 1 unspecified atom stereocenters. The van der Waals surface area contributed by atoms with Crippen LogP contribution in [0.1, 0.15) is 93.0 Å². The van der Waals surface area contributed by atoms with Gasteiger partial charge in [0.1, 0.15) is 5.82 Å². The van der Waals surface area contributed by atoms with Gasteiger partial charge < -0.3 is 10.2 Å². The molecule has 174 valence electrons. The van der Waals surface area contributed by atoms with Gasteiger partial charge in [-0.3, -0.25) is 14.4 Å². The highest BCUT2D eigenvalue weighted by atomic mass is 19.1. The zero-order valence-electron chi connectivity index (χ0n) is 19.1. The lowest BCUT2D eigenvalue weighted by atomic mass is 9.81. The molecule has 3 aliphatic rings. The van der Waals surface area contributed by atoms with Gasteiger partial charge in [0.25, 0.3) is 5.91 Å². The summed E-state index contributed by atoms with van der Waals surface area (Å²) in [6, 6.07) is 4.40. The number of rotatable bonds is 7. The Bertz CT molecular complexity index is 861. The Hall–Kier alpha value is -2.24. The van der Waals surface area contributed by atoms with Crippen molar-refractivity contribution in [3.05, 3.63) is 35.1 Å². The van der Waals surface area contributed by atoms with Crippen LogP contribution in [0.15, 0.2) is 18.2 Å². The lowest BCUT2D eigenvalue weighted by molar-refractivity contribution is -0.133. The molecule has 0 aromatic heterocycles. The van der Waals surface area contributed by atoms with Gasteiger partial charge in [-0.1, -0.05) is 38.3 Å². The number of piperidine rings is 1. The highest BCUT2D eigenvalue weighted by Gasteiger charge is 2.36. The highest BCUT2D eigenvalue weighted by molar-refractivity contribution is 5.98. The van der Waals surface area contributed by atoms with Crippen LogP contribution in [0, 0.1) is 17.7 Å². The first kappa shape index (κ1) is 22.9. The Kier molecular flexibility index (Phi) is 7.27. The number of nitrogens with one attached hydrogen (secondary N) is 1. The summed E-state index contributed by atoms with van der Waals surface area (Å²) in [5.41, 5.74) is 0.500. The summed E-state index contributed by atoms with van der Waals surface area (Å²) < 4.78 is 15.5. The molecule has 2 aliphatic carbocycles. The molecule has 1 N–H and O–H groups in total. The number of halogens is 1. The van der Waals surface area contributed by atoms with Gasteiger partial charge in [0.05, 0.1) is 11.6 Å². The molecule has 6 heteroatoms. The molecular formula is C26H35FN2O3. The standard InChI is InChI=1S/C26H35FN2O3/c1-2-22(30)24(17-8-4-3-5-9-17)28-25(31)21-12-6-11-20(23(21)27)19-10-7-15-29(16-19)26(32)18-13-14-18/h6,11-12,17-19,24H,2-5,7-10,13-16H2,1H3,(H,28,31)/t19?,24-/m1/s1. The van der Waals surface area contributed by atoms with E-state index < -0.39 is 17.8 Å². The average Bonchev–Trinajstić information content (AvgIpc) is 3.68. The minimum absolute atomic E-state index is 0.00199. The summed E-state index contributed by atoms with van der Waals surface area (Å²) in [4.78, 5) is 40.0. The van der Waals surface area contributed by atoms with Crippen molar-refractivity contribution in [3.8, 4) is 0 Å². The first-order valence-corrected chi connectivity index (χ1v) is 12.4. The van der Waals surface area contributed by atoms with E-state index in [0.717, 1.165) is 64.3 Å². The van der Waals surface area contributed by atoms with Crippen LogP contribution in [0.4, 0.5) is 4.39 Å². The number of nitrogens with zero attached hydrogens (tertiary/aromatic N) is 1. The fraction of sp³-hybridized carbons (Fsp3) is 0.654. The van der Waals surface area contributed by atoms with Crippen molar-refractivity contribution in [2.45, 2.75) is 83.1 Å². The number of hydrogen-bond acceptors (Lipinski definition) is 3. The van der Waals surface area contributed by atoms with E-state index in [1.807, 2.05) is 11.8 Å². The Balaban J connectivity index is 1.50. The first-order chi connectivity index (χ1) is 15.5. The Labute approximate surface area is 190 Å². The molecule has 1 aromatic rings. The normalized spacial score (nSPS) is 22.9. The van der Waals surface area contributed by atoms with Crippen LogP contribution < -0.4 is 5.32 Å². The third-order valence-corrected chi connectivity index (χ3v) is 7.48. The van der Waals surface area contributed by atoms with Gasteiger partial charge in [0, 0.05) is 31.3 Å². The molecule has 2 amide bonds. The van der Waals surface area contributed by atoms with Crippen LogP contribution >= 0.6 is 0 Å². The molecule has 4 rings (SSSR count). The van der Waals surface area contributed by atoms with Crippen LogP contribution in [-0.2, 0) is 9.59 Å². The first-order valence-electron chi connectivity index (χ1n) is 12.4. The predicted molar refractivity (Wildman–Crippen MR) is 121 cm³/mol. The quantitative estimate of drug-likeness (QED) is 0.671. The largest absolute Gasteiger partial charge is 0.342 e. The third kappa shape index (κ3) is 5.05. The van der Waals surface area contributed by atoms with Gasteiger partial charge in [-0.05, 0) is 56.1 Å². The number of hydrogen-bond donors (Lipinski definition) is 1. The lowest BCUT2D eigenvalue weighted by Crippen LogP contribution is -2.46. The van der Waals surface area contributed by atoms with Crippen molar-refractivity contribution in [2.24, 2.45) is 11.8 Å². The van der Waals surface area contributed by atoms with Crippen LogP contribution in [0.2, 0.25) is 0 Å². The summed E-state index contributed by atoms with van der Waals surface area (Å²) >= 11 is 0. The fourth-order valence-electron chi connectivity index (χ4n) is 5.43. The maximum atomic E-state index is 15.5. The molecule has 1 aromatic carbocycles. The zero-order chi connectivity index (χ0) is 22.7. The highest BCUT2D eigenvalue weighted by Crippen LogP contribution is 2.35. The van der Waals surface area contributed by atoms with Crippen LogP contribution in [0.25, 0.3) is 0 Å². The zero-order valence-corrected chi connectivity index (χ0v) is 19.1. The Morgan fingerprint density at radius 2 is 1.81 bits per heavy atom. The van der Waals surface area contributed by atoms with Crippen molar-refractivity contribution in [2.75, 3.05) is 13.1 Å². The summed E-state index contributed by atoms with van der Waals surface area (Å²) in [7, 11) is 0. The summed E-state index contributed by atoms with van der Waals surface area (Å²) in [6.45, 7) is 3.05. The summed E-state index contributed by atoms with van der Waals surface area (Å²) in [6.07, 6.45) is 9.06. The summed E-state index contributed by atoms with van der Waals surface area (Å²) in [5, 5.41) is 2.88. The molecule has 1 saturated heterocycles. The van der Waals surface area contributed by atoms with E-state index in [2.05, 4.69) is 5.32 Å². The van der Waals surface area contributed by atoms with E-state index in [1.165, 1.54) is 6.07 Å². The fourth-order valence-corrected chi connectivity index (χ4v) is 5.43. The Morgan fingerprint density at radius 1 is 1.06 bits per heavy atom. The molecule has 2 saturated carbocycles. The molecule has 1 heterocycles. The van der Waals surface area contributed by atoms with Crippen molar-refractivity contribution in [1.29, 1.82) is 0 Å². The second-order valence-electron chi connectivity index (χ2n) is 9.78. The van der Waals surface area contributed by atoms with Gasteiger partial charge in [0.2, 0.25) is 5.91 Å². The number of benzene rings is 1. The van der Waals surface area contributed by atoms with Crippen LogP contribution in [0.5, 0.6) is 0 Å². The molecule has 0 bridgehead atoms. The topological polar surface area (TPSA) is 66.5 Å². The van der Waals surface area contributed by atoms with Gasteiger partial charge in [-0.2, -0.15) is 0 Å². The predicted octanol–water partition coefficient (Wildman–Crippen LogP) is 4.60. The monoisotopic (exact) mass is 442 g/mol. The van der Waals surface area contributed by atoms with Crippen LogP contribution in [-0.4, -0.2) is 41.6 Å². The van der Waals surface area contributed by atoms with Gasteiger partial charge in [-0.25, -0.2) is 4.39 Å². The van der Waals surface area contributed by atoms with Crippen LogP contribution in [0.3, 0.4) is 0 Å². The van der Waals surface area contributed by atoms with Gasteiger partial charge in [-0.15, -0.1) is 0 Å². The number of carbonyl (C=O) groups is 3. The van der Waals surface area contributed by atoms with Gasteiger partial charge in [0.15, 0.2) is 5.78 Å². The molecule has 0 spiro atoms. The minimum Gasteiger partial charge on any atom is -0.342 e. The SMILES string of the molecule is CCC(=O)[C@H](NC(=O)c1cccc(C2CCCN(C(=O)C3CC3)C2)c1F)C1CCCCC1. The second kappa shape index (κ2) is 10.1. The third-order valence-electron chi connectivity index (χ3n) is 7.48. The number of ketones is 1. The van der Waals surface area contributed by atoms with Crippen molar-refractivity contribution >= 4 is 17.6 Å². The van der Waals surface area contributed by atoms with Crippen molar-refractivity contribution < 1.29 is 18.8 Å². The van der Waals surface area contributed by atoms with Gasteiger partial charge >= 0.3 is 0 Å². The Morgan fingerprint density at radius 3 is 2.50 bits per heavy atom. The molecule has 5 nitrogen and oxygen atoms in total. The molecular weight excluding hydrogens is 407 g/mol. The molecule has 2 atom stereocenters. The van der Waals surface area contributed by atoms with Crippen molar-refractivity contribution in [1.82, 2.24) is 10.2 Å². The molecule has 32 heavy (non-hydrogen) atoms. The van der Waals surface area contributed by atoms with Crippen molar-refractivity contribution in [3.63, 3.8) is 0 Å². The average molecular weight is 443 g/mol.